The zero-order valence-corrected chi connectivity index (χ0v) is 20.1. The number of nitrogens with zero attached hydrogens (tertiary/aromatic N) is 4. The fourth-order valence-corrected chi connectivity index (χ4v) is 5.37. The van der Waals surface area contributed by atoms with Gasteiger partial charge in [-0.25, -0.2) is 9.67 Å². The number of hydrogen-bond acceptors (Lipinski definition) is 4. The van der Waals surface area contributed by atoms with Gasteiger partial charge < -0.3 is 0 Å². The Morgan fingerprint density at radius 2 is 1.76 bits per heavy atom. The third kappa shape index (κ3) is 4.41. The number of aliphatic imine (C=N–C) groups is 1. The normalized spacial score (nSPS) is 16.8. The zero-order valence-electron chi connectivity index (χ0n) is 19.3. The van der Waals surface area contributed by atoms with Crippen molar-refractivity contribution in [3.8, 4) is 16.9 Å². The van der Waals surface area contributed by atoms with Gasteiger partial charge in [-0.3, -0.25) is 9.69 Å². The number of carbonyl (C=O) groups is 1. The van der Waals surface area contributed by atoms with Crippen molar-refractivity contribution in [2.75, 3.05) is 5.75 Å². The van der Waals surface area contributed by atoms with Gasteiger partial charge in [-0.05, 0) is 43.2 Å². The molecule has 1 aromatic heterocycles. The summed E-state index contributed by atoms with van der Waals surface area (Å²) in [5.74, 6) is 0.768. The molecule has 0 spiro atoms. The lowest BCUT2D eigenvalue weighted by atomic mass is 10.1. The molecule has 0 radical (unpaired) electrons. The van der Waals surface area contributed by atoms with E-state index >= 15 is 0 Å². The molecule has 5 rings (SSSR count). The van der Waals surface area contributed by atoms with Gasteiger partial charge in [-0.1, -0.05) is 79.3 Å². The van der Waals surface area contributed by atoms with Gasteiger partial charge in [0.2, 0.25) is 0 Å². The largest absolute Gasteiger partial charge is 0.283 e. The molecule has 5 nitrogen and oxygen atoms in total. The average Bonchev–Trinajstić information content (AvgIpc) is 3.49. The fraction of sp³-hybridized carbons (Fsp3) is 0.179. The smallest absolute Gasteiger partial charge is 0.263 e. The third-order valence-electron chi connectivity index (χ3n) is 5.91. The summed E-state index contributed by atoms with van der Waals surface area (Å²) < 4.78 is 1.79. The van der Waals surface area contributed by atoms with Crippen LogP contribution in [-0.4, -0.2) is 37.5 Å². The van der Waals surface area contributed by atoms with Gasteiger partial charge >= 0.3 is 0 Å². The molecule has 2 heterocycles. The molecule has 1 aliphatic rings. The van der Waals surface area contributed by atoms with E-state index in [1.54, 1.807) is 16.4 Å². The molecular weight excluding hydrogens is 440 g/mol. The van der Waals surface area contributed by atoms with Crippen molar-refractivity contribution in [1.82, 2.24) is 14.7 Å². The van der Waals surface area contributed by atoms with Gasteiger partial charge in [-0.15, -0.1) is 0 Å². The molecular formula is C28H26N4OS. The number of thioether (sulfide) groups is 1. The Hall–Kier alpha value is -3.64. The third-order valence-corrected chi connectivity index (χ3v) is 7.00. The minimum atomic E-state index is -0.0655. The minimum Gasteiger partial charge on any atom is -0.283 e. The van der Waals surface area contributed by atoms with Crippen LogP contribution in [0.3, 0.4) is 0 Å². The second kappa shape index (κ2) is 9.69. The average molecular weight is 467 g/mol. The predicted molar refractivity (Wildman–Crippen MR) is 140 cm³/mol. The molecule has 34 heavy (non-hydrogen) atoms. The standard InChI is InChI=1S/C28H26N4OS/c1-3-23-19-34-28(29-22-14-10-11-20(2)17-22)32(23)27(33)25-18-31(24-15-8-5-9-16-24)30-26(25)21-12-6-4-7-13-21/h4-18,23H,3,19H2,1-2H3. The van der Waals surface area contributed by atoms with Crippen molar-refractivity contribution in [3.63, 3.8) is 0 Å². The van der Waals surface area contributed by atoms with E-state index in [2.05, 4.69) is 6.92 Å². The number of para-hydroxylation sites is 1. The van der Waals surface area contributed by atoms with Crippen LogP contribution in [0.4, 0.5) is 5.69 Å². The molecule has 1 aliphatic heterocycles. The van der Waals surface area contributed by atoms with Gasteiger partial charge in [0.05, 0.1) is 16.9 Å². The summed E-state index contributed by atoms with van der Waals surface area (Å²) in [4.78, 5) is 20.8. The lowest BCUT2D eigenvalue weighted by Crippen LogP contribution is -2.39. The van der Waals surface area contributed by atoms with Crippen LogP contribution in [0.5, 0.6) is 0 Å². The highest BCUT2D eigenvalue weighted by Gasteiger charge is 2.36. The Kier molecular flexibility index (Phi) is 6.32. The topological polar surface area (TPSA) is 50.5 Å². The minimum absolute atomic E-state index is 0.0655. The van der Waals surface area contributed by atoms with E-state index in [1.807, 2.05) is 103 Å². The Balaban J connectivity index is 1.60. The molecule has 1 fully saturated rings. The van der Waals surface area contributed by atoms with E-state index in [4.69, 9.17) is 10.1 Å². The quantitative estimate of drug-likeness (QED) is 0.337. The van der Waals surface area contributed by atoms with Gasteiger partial charge in [0.25, 0.3) is 5.91 Å². The maximum Gasteiger partial charge on any atom is 0.263 e. The molecule has 170 valence electrons. The van der Waals surface area contributed by atoms with Gasteiger partial charge in [0, 0.05) is 23.6 Å². The van der Waals surface area contributed by atoms with E-state index in [0.717, 1.165) is 39.8 Å². The molecule has 0 bridgehead atoms. The van der Waals surface area contributed by atoms with Gasteiger partial charge in [-0.2, -0.15) is 5.10 Å². The van der Waals surface area contributed by atoms with Crippen molar-refractivity contribution in [3.05, 3.63) is 102 Å². The van der Waals surface area contributed by atoms with Crippen LogP contribution in [-0.2, 0) is 0 Å². The van der Waals surface area contributed by atoms with E-state index in [0.29, 0.717) is 11.3 Å². The van der Waals surface area contributed by atoms with Gasteiger partial charge in [0.1, 0.15) is 5.69 Å². The molecule has 3 aromatic carbocycles. The molecule has 0 aliphatic carbocycles. The van der Waals surface area contributed by atoms with Crippen molar-refractivity contribution >= 4 is 28.5 Å². The number of carbonyl (C=O) groups excluding carboxylic acids is 1. The number of amides is 1. The second-order valence-electron chi connectivity index (χ2n) is 8.32. The van der Waals surface area contributed by atoms with Crippen LogP contribution in [0.15, 0.2) is 96.1 Å². The SMILES string of the molecule is CCC1CSC(=Nc2cccc(C)c2)N1C(=O)c1cn(-c2ccccc2)nc1-c1ccccc1. The predicted octanol–water partition coefficient (Wildman–Crippen LogP) is 6.50. The van der Waals surface area contributed by atoms with Crippen LogP contribution >= 0.6 is 11.8 Å². The number of aryl methyl sites for hydroxylation is 1. The Labute approximate surface area is 204 Å². The van der Waals surface area contributed by atoms with Crippen molar-refractivity contribution in [2.45, 2.75) is 26.3 Å². The van der Waals surface area contributed by atoms with E-state index in [9.17, 15) is 4.79 Å². The van der Waals surface area contributed by atoms with Crippen LogP contribution in [0.2, 0.25) is 0 Å². The maximum atomic E-state index is 14.1. The molecule has 4 aromatic rings. The first kappa shape index (κ1) is 22.2. The second-order valence-corrected chi connectivity index (χ2v) is 9.31. The highest BCUT2D eigenvalue weighted by atomic mass is 32.2. The monoisotopic (exact) mass is 466 g/mol. The summed E-state index contributed by atoms with van der Waals surface area (Å²) in [6, 6.07) is 27.9. The highest BCUT2D eigenvalue weighted by Crippen LogP contribution is 2.33. The van der Waals surface area contributed by atoms with Crippen molar-refractivity contribution in [1.29, 1.82) is 0 Å². The first-order chi connectivity index (χ1) is 16.6. The lowest BCUT2D eigenvalue weighted by Gasteiger charge is -2.23. The molecule has 1 saturated heterocycles. The summed E-state index contributed by atoms with van der Waals surface area (Å²) in [6.45, 7) is 4.17. The Morgan fingerprint density at radius 1 is 1.03 bits per heavy atom. The molecule has 1 atom stereocenters. The summed E-state index contributed by atoms with van der Waals surface area (Å²) in [5.41, 5.74) is 5.09. The first-order valence-electron chi connectivity index (χ1n) is 11.5. The summed E-state index contributed by atoms with van der Waals surface area (Å²) in [6.07, 6.45) is 2.71. The first-order valence-corrected chi connectivity index (χ1v) is 12.4. The van der Waals surface area contributed by atoms with Crippen LogP contribution in [0.25, 0.3) is 16.9 Å². The molecule has 6 heteroatoms. The summed E-state index contributed by atoms with van der Waals surface area (Å²) >= 11 is 1.64. The van der Waals surface area contributed by atoms with E-state index < -0.39 is 0 Å². The van der Waals surface area contributed by atoms with Crippen molar-refractivity contribution < 1.29 is 4.79 Å². The molecule has 1 amide bonds. The fourth-order valence-electron chi connectivity index (χ4n) is 4.10. The summed E-state index contributed by atoms with van der Waals surface area (Å²) in [7, 11) is 0. The Morgan fingerprint density at radius 3 is 2.47 bits per heavy atom. The van der Waals surface area contributed by atoms with Crippen LogP contribution in [0, 0.1) is 6.92 Å². The summed E-state index contributed by atoms with van der Waals surface area (Å²) in [5, 5.41) is 5.58. The molecule has 1 unspecified atom stereocenters. The van der Waals surface area contributed by atoms with E-state index in [1.165, 1.54) is 0 Å². The van der Waals surface area contributed by atoms with Crippen LogP contribution in [0.1, 0.15) is 29.3 Å². The lowest BCUT2D eigenvalue weighted by molar-refractivity contribution is 0.0820. The van der Waals surface area contributed by atoms with Crippen molar-refractivity contribution in [2.24, 2.45) is 4.99 Å². The highest BCUT2D eigenvalue weighted by molar-refractivity contribution is 8.14. The molecule has 0 N–H and O–H groups in total. The maximum absolute atomic E-state index is 14.1. The number of rotatable bonds is 5. The van der Waals surface area contributed by atoms with Gasteiger partial charge in [0.15, 0.2) is 5.17 Å². The molecule has 0 saturated carbocycles. The number of amidine groups is 1. The number of hydrogen-bond donors (Lipinski definition) is 0. The Bertz CT molecular complexity index is 1330. The number of benzene rings is 3. The van der Waals surface area contributed by atoms with Crippen LogP contribution < -0.4 is 0 Å². The zero-order chi connectivity index (χ0) is 23.5. The number of aromatic nitrogens is 2. The van der Waals surface area contributed by atoms with E-state index in [-0.39, 0.29) is 11.9 Å².